The van der Waals surface area contributed by atoms with Gasteiger partial charge in [0.15, 0.2) is 0 Å². The molecular formula is C9H20N2O2. The maximum Gasteiger partial charge on any atom is 0.222 e. The molecule has 0 atom stereocenters. The van der Waals surface area contributed by atoms with E-state index in [1.165, 1.54) is 0 Å². The third-order valence-corrected chi connectivity index (χ3v) is 1.92. The van der Waals surface area contributed by atoms with E-state index >= 15 is 0 Å². The molecule has 4 nitrogen and oxygen atoms in total. The molecule has 0 saturated carbocycles. The first-order valence-electron chi connectivity index (χ1n) is 4.77. The minimum absolute atomic E-state index is 0.139. The van der Waals surface area contributed by atoms with E-state index in [-0.39, 0.29) is 12.5 Å². The van der Waals surface area contributed by atoms with E-state index in [9.17, 15) is 4.79 Å². The second-order valence-electron chi connectivity index (χ2n) is 3.14. The van der Waals surface area contributed by atoms with Crippen molar-refractivity contribution in [1.82, 2.24) is 4.90 Å². The number of unbranched alkanes of at least 4 members (excludes halogenated alkanes) is 1. The summed E-state index contributed by atoms with van der Waals surface area (Å²) in [5.74, 6) is 0.141. The predicted octanol–water partition coefficient (Wildman–Crippen LogP) is -0.0438. The number of rotatable bonds is 7. The number of aliphatic hydroxyl groups is 1. The van der Waals surface area contributed by atoms with Gasteiger partial charge in [-0.25, -0.2) is 0 Å². The Labute approximate surface area is 79.7 Å². The molecule has 1 amide bonds. The zero-order valence-corrected chi connectivity index (χ0v) is 8.33. The fraction of sp³-hybridized carbons (Fsp3) is 0.889. The van der Waals surface area contributed by atoms with E-state index < -0.39 is 0 Å². The predicted molar refractivity (Wildman–Crippen MR) is 52.2 cm³/mol. The van der Waals surface area contributed by atoms with Gasteiger partial charge in [0.1, 0.15) is 0 Å². The third-order valence-electron chi connectivity index (χ3n) is 1.92. The fourth-order valence-electron chi connectivity index (χ4n) is 1.04. The summed E-state index contributed by atoms with van der Waals surface area (Å²) in [4.78, 5) is 13.0. The van der Waals surface area contributed by atoms with Crippen LogP contribution in [0.25, 0.3) is 0 Å². The summed E-state index contributed by atoms with van der Waals surface area (Å²) >= 11 is 0. The molecule has 0 aromatic carbocycles. The molecule has 0 aromatic rings. The van der Waals surface area contributed by atoms with Crippen molar-refractivity contribution in [3.8, 4) is 0 Å². The van der Waals surface area contributed by atoms with Crippen molar-refractivity contribution in [3.63, 3.8) is 0 Å². The smallest absolute Gasteiger partial charge is 0.222 e. The summed E-state index contributed by atoms with van der Waals surface area (Å²) in [6.45, 7) is 1.42. The van der Waals surface area contributed by atoms with Crippen LogP contribution >= 0.6 is 0 Å². The highest BCUT2D eigenvalue weighted by Gasteiger charge is 2.06. The van der Waals surface area contributed by atoms with Gasteiger partial charge in [-0.3, -0.25) is 4.79 Å². The van der Waals surface area contributed by atoms with Gasteiger partial charge in [-0.05, 0) is 25.8 Å². The van der Waals surface area contributed by atoms with Crippen molar-refractivity contribution in [2.45, 2.75) is 25.7 Å². The van der Waals surface area contributed by atoms with Gasteiger partial charge in [-0.15, -0.1) is 0 Å². The van der Waals surface area contributed by atoms with Crippen LogP contribution in [-0.4, -0.2) is 42.7 Å². The lowest BCUT2D eigenvalue weighted by Gasteiger charge is -2.16. The van der Waals surface area contributed by atoms with Gasteiger partial charge in [0, 0.05) is 26.6 Å². The summed E-state index contributed by atoms with van der Waals surface area (Å²) < 4.78 is 0. The van der Waals surface area contributed by atoms with E-state index in [4.69, 9.17) is 10.8 Å². The van der Waals surface area contributed by atoms with Crippen molar-refractivity contribution >= 4 is 5.91 Å². The lowest BCUT2D eigenvalue weighted by molar-refractivity contribution is -0.130. The Morgan fingerprint density at radius 1 is 1.38 bits per heavy atom. The van der Waals surface area contributed by atoms with Crippen molar-refractivity contribution in [2.24, 2.45) is 5.73 Å². The maximum atomic E-state index is 11.3. The summed E-state index contributed by atoms with van der Waals surface area (Å²) in [7, 11) is 1.76. The number of hydrogen-bond acceptors (Lipinski definition) is 3. The first-order valence-corrected chi connectivity index (χ1v) is 4.77. The van der Waals surface area contributed by atoms with Crippen LogP contribution in [0.4, 0.5) is 0 Å². The average Bonchev–Trinajstić information content (AvgIpc) is 2.14. The number of carbonyl (C=O) groups is 1. The summed E-state index contributed by atoms with van der Waals surface area (Å²) in [5, 5.41) is 8.56. The molecule has 0 rings (SSSR count). The van der Waals surface area contributed by atoms with Crippen LogP contribution in [0.5, 0.6) is 0 Å². The molecule has 0 radical (unpaired) electrons. The van der Waals surface area contributed by atoms with Gasteiger partial charge in [-0.1, -0.05) is 0 Å². The first kappa shape index (κ1) is 12.4. The average molecular weight is 188 g/mol. The molecule has 0 unspecified atom stereocenters. The number of nitrogens with two attached hydrogens (primary N) is 1. The molecule has 4 heteroatoms. The Morgan fingerprint density at radius 2 is 2.08 bits per heavy atom. The Bertz CT molecular complexity index is 140. The SMILES string of the molecule is CN(CCCO)C(=O)CCCCN. The van der Waals surface area contributed by atoms with E-state index in [0.29, 0.717) is 25.9 Å². The third kappa shape index (κ3) is 6.54. The van der Waals surface area contributed by atoms with E-state index in [0.717, 1.165) is 12.8 Å². The van der Waals surface area contributed by atoms with Gasteiger partial charge < -0.3 is 15.7 Å². The van der Waals surface area contributed by atoms with Crippen LogP contribution in [0.15, 0.2) is 0 Å². The minimum Gasteiger partial charge on any atom is -0.396 e. The molecule has 0 bridgehead atoms. The normalized spacial score (nSPS) is 10.1. The second-order valence-corrected chi connectivity index (χ2v) is 3.14. The van der Waals surface area contributed by atoms with E-state index in [1.807, 2.05) is 0 Å². The second kappa shape index (κ2) is 8.01. The van der Waals surface area contributed by atoms with Crippen LogP contribution in [0.1, 0.15) is 25.7 Å². The molecule has 0 aliphatic heterocycles. The molecule has 0 saturated heterocycles. The van der Waals surface area contributed by atoms with Gasteiger partial charge in [0.05, 0.1) is 0 Å². The number of hydrogen-bond donors (Lipinski definition) is 2. The van der Waals surface area contributed by atoms with E-state index in [1.54, 1.807) is 11.9 Å². The fourth-order valence-corrected chi connectivity index (χ4v) is 1.04. The minimum atomic E-state index is 0.139. The molecule has 78 valence electrons. The Kier molecular flexibility index (Phi) is 7.63. The number of carbonyl (C=O) groups excluding carboxylic acids is 1. The highest BCUT2D eigenvalue weighted by molar-refractivity contribution is 5.75. The molecule has 0 fully saturated rings. The van der Waals surface area contributed by atoms with Gasteiger partial charge in [0.2, 0.25) is 5.91 Å². The highest BCUT2D eigenvalue weighted by Crippen LogP contribution is 1.98. The molecule has 0 aliphatic rings. The highest BCUT2D eigenvalue weighted by atomic mass is 16.3. The Morgan fingerprint density at radius 3 is 2.62 bits per heavy atom. The van der Waals surface area contributed by atoms with Crippen molar-refractivity contribution in [3.05, 3.63) is 0 Å². The number of nitrogens with zero attached hydrogens (tertiary/aromatic N) is 1. The largest absolute Gasteiger partial charge is 0.396 e. The standard InChI is InChI=1S/C9H20N2O2/c1-11(7-4-8-12)9(13)5-2-3-6-10/h12H,2-8,10H2,1H3. The topological polar surface area (TPSA) is 66.6 Å². The maximum absolute atomic E-state index is 11.3. The lowest BCUT2D eigenvalue weighted by atomic mass is 10.2. The van der Waals surface area contributed by atoms with Crippen LogP contribution in [0.3, 0.4) is 0 Å². The zero-order chi connectivity index (χ0) is 10.1. The zero-order valence-electron chi connectivity index (χ0n) is 8.33. The van der Waals surface area contributed by atoms with E-state index in [2.05, 4.69) is 0 Å². The molecule has 0 aliphatic carbocycles. The van der Waals surface area contributed by atoms with Gasteiger partial charge in [0.25, 0.3) is 0 Å². The monoisotopic (exact) mass is 188 g/mol. The van der Waals surface area contributed by atoms with Crippen LogP contribution < -0.4 is 5.73 Å². The number of aliphatic hydroxyl groups excluding tert-OH is 1. The molecule has 13 heavy (non-hydrogen) atoms. The quantitative estimate of drug-likeness (QED) is 0.551. The summed E-state index contributed by atoms with van der Waals surface area (Å²) in [5.41, 5.74) is 5.31. The van der Waals surface area contributed by atoms with Crippen LogP contribution in [0, 0.1) is 0 Å². The lowest BCUT2D eigenvalue weighted by Crippen LogP contribution is -2.28. The molecule has 0 heterocycles. The van der Waals surface area contributed by atoms with Crippen LogP contribution in [0.2, 0.25) is 0 Å². The van der Waals surface area contributed by atoms with Crippen LogP contribution in [-0.2, 0) is 4.79 Å². The van der Waals surface area contributed by atoms with Gasteiger partial charge >= 0.3 is 0 Å². The summed E-state index contributed by atoms with van der Waals surface area (Å²) in [6, 6.07) is 0. The first-order chi connectivity index (χ1) is 6.22. The molecular weight excluding hydrogens is 168 g/mol. The van der Waals surface area contributed by atoms with Crippen molar-refractivity contribution < 1.29 is 9.90 Å². The Balaban J connectivity index is 3.45. The summed E-state index contributed by atoms with van der Waals surface area (Å²) in [6.07, 6.45) is 2.98. The van der Waals surface area contributed by atoms with Crippen molar-refractivity contribution in [2.75, 3.05) is 26.7 Å². The molecule has 0 spiro atoms. The van der Waals surface area contributed by atoms with Crippen molar-refractivity contribution in [1.29, 1.82) is 0 Å². The van der Waals surface area contributed by atoms with Gasteiger partial charge in [-0.2, -0.15) is 0 Å². The molecule has 3 N–H and O–H groups in total. The Hall–Kier alpha value is -0.610. The number of amides is 1. The molecule has 0 aromatic heterocycles.